The fourth-order valence-corrected chi connectivity index (χ4v) is 7.07. The minimum atomic E-state index is -0.471. The van der Waals surface area contributed by atoms with Gasteiger partial charge in [-0.25, -0.2) is 8.78 Å². The molecule has 0 bridgehead atoms. The van der Waals surface area contributed by atoms with Crippen molar-refractivity contribution >= 4 is 5.78 Å². The second-order valence-corrected chi connectivity index (χ2v) is 10.3. The van der Waals surface area contributed by atoms with Gasteiger partial charge in [0.15, 0.2) is 5.78 Å². The second-order valence-electron chi connectivity index (χ2n) is 10.3. The lowest BCUT2D eigenvalue weighted by Crippen LogP contribution is -2.45. The van der Waals surface area contributed by atoms with E-state index in [9.17, 15) is 9.90 Å². The Balaban J connectivity index is 0.000000821. The molecule has 0 amide bonds. The summed E-state index contributed by atoms with van der Waals surface area (Å²) in [6.07, 6.45) is 11.7. The van der Waals surface area contributed by atoms with Crippen molar-refractivity contribution in [1.82, 2.24) is 0 Å². The van der Waals surface area contributed by atoms with Crippen molar-refractivity contribution in [2.75, 3.05) is 0 Å². The molecule has 2 saturated carbocycles. The van der Waals surface area contributed by atoms with E-state index >= 15 is 8.78 Å². The van der Waals surface area contributed by atoms with Crippen molar-refractivity contribution in [3.8, 4) is 12.3 Å². The van der Waals surface area contributed by atoms with Crippen molar-refractivity contribution in [1.29, 1.82) is 0 Å². The number of allylic oxidation sites excluding steroid dienone is 4. The normalized spacial score (nSPS) is 32.6. The number of carbonyl (C=O) groups is 1. The fourth-order valence-electron chi connectivity index (χ4n) is 7.07. The molecule has 4 heteroatoms. The lowest BCUT2D eigenvalue weighted by molar-refractivity contribution is -0.114. The molecule has 2 fully saturated rings. The van der Waals surface area contributed by atoms with E-state index in [1.165, 1.54) is 23.3 Å². The lowest BCUT2D eigenvalue weighted by Gasteiger charge is -2.52. The third-order valence-electron chi connectivity index (χ3n) is 8.58. The SMILES string of the molecule is C#CC.CCc1cc(F)c(C2CC3(C)C(O)CCC3C3CCC4=CC(=O)CCC4=C23)c(F)c1. The van der Waals surface area contributed by atoms with Crippen LogP contribution < -0.4 is 0 Å². The molecule has 4 aliphatic carbocycles. The molecule has 0 aromatic heterocycles. The molecular formula is C29H34F2O2. The van der Waals surface area contributed by atoms with E-state index in [4.69, 9.17) is 0 Å². The number of rotatable bonds is 2. The van der Waals surface area contributed by atoms with Crippen LogP contribution in [-0.2, 0) is 11.2 Å². The predicted molar refractivity (Wildman–Crippen MR) is 127 cm³/mol. The fraction of sp³-hybridized carbons (Fsp3) is 0.552. The lowest BCUT2D eigenvalue weighted by atomic mass is 9.53. The van der Waals surface area contributed by atoms with E-state index in [1.54, 1.807) is 13.0 Å². The van der Waals surface area contributed by atoms with Crippen LogP contribution in [0.1, 0.15) is 82.8 Å². The van der Waals surface area contributed by atoms with Crippen LogP contribution in [-0.4, -0.2) is 17.0 Å². The minimum absolute atomic E-state index is 0.158. The third-order valence-corrected chi connectivity index (χ3v) is 8.58. The highest BCUT2D eigenvalue weighted by Crippen LogP contribution is 2.64. The molecule has 5 unspecified atom stereocenters. The first kappa shape index (κ1) is 23.9. The van der Waals surface area contributed by atoms with Crippen molar-refractivity contribution < 1.29 is 18.7 Å². The smallest absolute Gasteiger partial charge is 0.156 e. The van der Waals surface area contributed by atoms with Gasteiger partial charge in [0.2, 0.25) is 0 Å². The van der Waals surface area contributed by atoms with Gasteiger partial charge in [-0.2, -0.15) is 0 Å². The second kappa shape index (κ2) is 9.18. The van der Waals surface area contributed by atoms with Crippen LogP contribution in [0.2, 0.25) is 0 Å². The first-order valence-electron chi connectivity index (χ1n) is 12.2. The number of fused-ring (bicyclic) bond motifs is 4. The Morgan fingerprint density at radius 3 is 2.45 bits per heavy atom. The van der Waals surface area contributed by atoms with Crippen molar-refractivity contribution in [3.05, 3.63) is 57.7 Å². The Morgan fingerprint density at radius 1 is 1.15 bits per heavy atom. The molecule has 1 aromatic carbocycles. The Hall–Kier alpha value is -2.25. The van der Waals surface area contributed by atoms with Gasteiger partial charge in [-0.05, 0) is 104 Å². The quantitative estimate of drug-likeness (QED) is 0.525. The Morgan fingerprint density at radius 2 is 1.82 bits per heavy atom. The summed E-state index contributed by atoms with van der Waals surface area (Å²) in [5.41, 5.74) is 3.92. The molecule has 1 aromatic rings. The van der Waals surface area contributed by atoms with E-state index in [0.29, 0.717) is 37.2 Å². The molecule has 176 valence electrons. The van der Waals surface area contributed by atoms with Crippen LogP contribution in [0.3, 0.4) is 0 Å². The zero-order chi connectivity index (χ0) is 23.9. The maximum absolute atomic E-state index is 15.3. The summed E-state index contributed by atoms with van der Waals surface area (Å²) in [7, 11) is 0. The first-order valence-corrected chi connectivity index (χ1v) is 12.2. The summed E-state index contributed by atoms with van der Waals surface area (Å²) in [5.74, 6) is 1.66. The van der Waals surface area contributed by atoms with Crippen LogP contribution in [0, 0.1) is 41.2 Å². The molecular weight excluding hydrogens is 418 g/mol. The Labute approximate surface area is 196 Å². The maximum Gasteiger partial charge on any atom is 0.156 e. The summed E-state index contributed by atoms with van der Waals surface area (Å²) in [5, 5.41) is 10.9. The number of halogens is 2. The van der Waals surface area contributed by atoms with Gasteiger partial charge in [0.1, 0.15) is 11.6 Å². The summed E-state index contributed by atoms with van der Waals surface area (Å²) in [4.78, 5) is 12.0. The van der Waals surface area contributed by atoms with Gasteiger partial charge in [0.25, 0.3) is 0 Å². The van der Waals surface area contributed by atoms with E-state index in [0.717, 1.165) is 31.3 Å². The Kier molecular flexibility index (Phi) is 6.65. The van der Waals surface area contributed by atoms with Crippen molar-refractivity contribution in [2.45, 2.75) is 84.2 Å². The molecule has 0 saturated heterocycles. The monoisotopic (exact) mass is 452 g/mol. The maximum atomic E-state index is 15.3. The number of ketones is 1. The minimum Gasteiger partial charge on any atom is -0.393 e. The van der Waals surface area contributed by atoms with Crippen LogP contribution in [0.4, 0.5) is 8.78 Å². The van der Waals surface area contributed by atoms with Crippen molar-refractivity contribution in [3.63, 3.8) is 0 Å². The number of hydrogen-bond donors (Lipinski definition) is 1. The molecule has 0 radical (unpaired) electrons. The zero-order valence-corrected chi connectivity index (χ0v) is 19.9. The molecule has 5 rings (SSSR count). The van der Waals surface area contributed by atoms with Crippen LogP contribution in [0.5, 0.6) is 0 Å². The molecule has 1 N–H and O–H groups in total. The summed E-state index contributed by atoms with van der Waals surface area (Å²) < 4.78 is 30.6. The van der Waals surface area contributed by atoms with Gasteiger partial charge in [-0.1, -0.05) is 19.4 Å². The average Bonchev–Trinajstić information content (AvgIpc) is 3.07. The largest absolute Gasteiger partial charge is 0.393 e. The molecule has 33 heavy (non-hydrogen) atoms. The highest BCUT2D eigenvalue weighted by atomic mass is 19.1. The number of aryl methyl sites for hydroxylation is 1. The number of hydrogen-bond acceptors (Lipinski definition) is 2. The number of terminal acetylenes is 1. The number of benzene rings is 1. The van der Waals surface area contributed by atoms with E-state index < -0.39 is 17.7 Å². The van der Waals surface area contributed by atoms with Crippen LogP contribution >= 0.6 is 0 Å². The van der Waals surface area contributed by atoms with Gasteiger partial charge in [-0.3, -0.25) is 4.79 Å². The van der Waals surface area contributed by atoms with Gasteiger partial charge in [0.05, 0.1) is 6.10 Å². The van der Waals surface area contributed by atoms with Crippen molar-refractivity contribution in [2.24, 2.45) is 17.3 Å². The molecule has 5 atom stereocenters. The predicted octanol–water partition coefficient (Wildman–Crippen LogP) is 6.43. The average molecular weight is 453 g/mol. The molecule has 4 aliphatic rings. The molecule has 0 spiro atoms. The van der Waals surface area contributed by atoms with E-state index in [1.807, 2.05) is 6.92 Å². The van der Waals surface area contributed by atoms with E-state index in [2.05, 4.69) is 19.3 Å². The van der Waals surface area contributed by atoms with Gasteiger partial charge < -0.3 is 5.11 Å². The third kappa shape index (κ3) is 3.99. The van der Waals surface area contributed by atoms with Gasteiger partial charge in [0, 0.05) is 17.9 Å². The number of carbonyl (C=O) groups excluding carboxylic acids is 1. The van der Waals surface area contributed by atoms with Crippen LogP contribution in [0.25, 0.3) is 0 Å². The number of aliphatic hydroxyl groups is 1. The molecule has 0 heterocycles. The topological polar surface area (TPSA) is 37.3 Å². The molecule has 0 aliphatic heterocycles. The van der Waals surface area contributed by atoms with Gasteiger partial charge in [-0.15, -0.1) is 12.3 Å². The summed E-state index contributed by atoms with van der Waals surface area (Å²) >= 11 is 0. The summed E-state index contributed by atoms with van der Waals surface area (Å²) in [6.45, 7) is 5.67. The number of aliphatic hydroxyl groups excluding tert-OH is 1. The Bertz CT molecular complexity index is 1040. The standard InChI is InChI=1S/C26H30F2O2.C3H4/c1-3-14-10-21(27)25(22(28)11-14)19-13-26(2)20(8-9-23(26)30)18-6-4-15-12-16(29)5-7-17(15)24(18)19;1-3-2/h10-12,18-20,23,30H,3-9,13H2,1-2H3;1H,2H3. The first-order chi connectivity index (χ1) is 15.7. The summed E-state index contributed by atoms with van der Waals surface area (Å²) in [6, 6.07) is 2.95. The van der Waals surface area contributed by atoms with E-state index in [-0.39, 0.29) is 28.6 Å². The highest BCUT2D eigenvalue weighted by Gasteiger charge is 2.56. The zero-order valence-electron chi connectivity index (χ0n) is 19.9. The van der Waals surface area contributed by atoms with Gasteiger partial charge >= 0.3 is 0 Å². The highest BCUT2D eigenvalue weighted by molar-refractivity contribution is 5.93. The van der Waals surface area contributed by atoms with Crippen LogP contribution in [0.15, 0.2) is 34.9 Å². The molecule has 2 nitrogen and oxygen atoms in total.